The molecule has 2 fully saturated rings. The van der Waals surface area contributed by atoms with Gasteiger partial charge in [0.25, 0.3) is 0 Å². The molecular formula is C11H15N3O3S3. The summed E-state index contributed by atoms with van der Waals surface area (Å²) in [5.74, 6) is 0.944. The zero-order chi connectivity index (χ0) is 14.3. The van der Waals surface area contributed by atoms with Crippen LogP contribution in [0.1, 0.15) is 0 Å². The average molecular weight is 333 g/mol. The number of aliphatic imine (C=N–C) groups is 1. The lowest BCUT2D eigenvalue weighted by Gasteiger charge is -2.52. The van der Waals surface area contributed by atoms with Gasteiger partial charge in [-0.15, -0.1) is 11.8 Å². The van der Waals surface area contributed by atoms with E-state index in [1.807, 2.05) is 0 Å². The number of hydrogen-bond donors (Lipinski definition) is 2. The van der Waals surface area contributed by atoms with E-state index in [9.17, 15) is 14.7 Å². The first-order chi connectivity index (χ1) is 9.53. The average Bonchev–Trinajstić information content (AvgIpc) is 2.97. The molecule has 20 heavy (non-hydrogen) atoms. The van der Waals surface area contributed by atoms with Crippen LogP contribution < -0.4 is 5.73 Å². The van der Waals surface area contributed by atoms with E-state index >= 15 is 0 Å². The van der Waals surface area contributed by atoms with E-state index in [0.29, 0.717) is 11.5 Å². The molecule has 1 amide bonds. The maximum absolute atomic E-state index is 11.7. The molecule has 0 saturated carbocycles. The molecule has 2 unspecified atom stereocenters. The minimum atomic E-state index is -0.896. The van der Waals surface area contributed by atoms with Gasteiger partial charge in [0.2, 0.25) is 5.91 Å². The van der Waals surface area contributed by atoms with Crippen LogP contribution in [0.15, 0.2) is 4.99 Å². The fourth-order valence-electron chi connectivity index (χ4n) is 2.41. The number of nitrogens with zero attached hydrogens (tertiary/aromatic N) is 2. The van der Waals surface area contributed by atoms with Gasteiger partial charge in [-0.25, -0.2) is 0 Å². The molecule has 6 nitrogen and oxygen atoms in total. The molecule has 0 radical (unpaired) electrons. The van der Waals surface area contributed by atoms with Crippen molar-refractivity contribution < 1.29 is 14.7 Å². The van der Waals surface area contributed by atoms with Gasteiger partial charge >= 0.3 is 5.97 Å². The fourth-order valence-corrected chi connectivity index (χ4v) is 6.23. The summed E-state index contributed by atoms with van der Waals surface area (Å²) in [7, 11) is 0. The molecule has 3 atom stereocenters. The molecule has 9 heteroatoms. The SMILES string of the molecule is NC1C(=O)N2CC(CSC3=NCCS3)(C(=O)O)CS[C@H]12. The molecule has 2 saturated heterocycles. The number of rotatable bonds is 3. The number of carboxylic acids is 1. The second kappa shape index (κ2) is 5.43. The van der Waals surface area contributed by atoms with Gasteiger partial charge in [0, 0.05) is 23.8 Å². The first-order valence-corrected chi connectivity index (χ1v) is 9.27. The van der Waals surface area contributed by atoms with Gasteiger partial charge < -0.3 is 15.7 Å². The number of amides is 1. The highest BCUT2D eigenvalue weighted by Gasteiger charge is 2.55. The summed E-state index contributed by atoms with van der Waals surface area (Å²) < 4.78 is 0.962. The van der Waals surface area contributed by atoms with Crippen LogP contribution in [-0.2, 0) is 9.59 Å². The van der Waals surface area contributed by atoms with Crippen LogP contribution in [0.5, 0.6) is 0 Å². The van der Waals surface area contributed by atoms with Gasteiger partial charge in [0.1, 0.15) is 21.2 Å². The summed E-state index contributed by atoms with van der Waals surface area (Å²) in [5.41, 5.74) is 4.83. The first kappa shape index (κ1) is 14.6. The van der Waals surface area contributed by atoms with E-state index in [-0.39, 0.29) is 17.8 Å². The number of fused-ring (bicyclic) bond motifs is 1. The van der Waals surface area contributed by atoms with E-state index in [1.54, 1.807) is 16.7 Å². The minimum Gasteiger partial charge on any atom is -0.481 e. The normalized spacial score (nSPS) is 36.4. The molecule has 3 aliphatic rings. The third kappa shape index (κ3) is 2.34. The topological polar surface area (TPSA) is 96.0 Å². The van der Waals surface area contributed by atoms with Gasteiger partial charge in [-0.1, -0.05) is 23.5 Å². The van der Waals surface area contributed by atoms with Crippen LogP contribution >= 0.6 is 35.3 Å². The molecule has 0 bridgehead atoms. The van der Waals surface area contributed by atoms with Crippen molar-refractivity contribution in [2.45, 2.75) is 11.4 Å². The summed E-state index contributed by atoms with van der Waals surface area (Å²) in [6.45, 7) is 1.07. The van der Waals surface area contributed by atoms with Gasteiger partial charge in [-0.2, -0.15) is 0 Å². The van der Waals surface area contributed by atoms with Gasteiger partial charge in [0.05, 0.1) is 6.54 Å². The Morgan fingerprint density at radius 2 is 2.45 bits per heavy atom. The molecule has 3 rings (SSSR count). The summed E-state index contributed by atoms with van der Waals surface area (Å²) >= 11 is 4.65. The molecule has 0 aliphatic carbocycles. The molecular weight excluding hydrogens is 318 g/mol. The van der Waals surface area contributed by atoms with E-state index in [1.165, 1.54) is 23.5 Å². The monoisotopic (exact) mass is 333 g/mol. The molecule has 3 N–H and O–H groups in total. The van der Waals surface area contributed by atoms with Crippen LogP contribution in [0, 0.1) is 5.41 Å². The highest BCUT2D eigenvalue weighted by molar-refractivity contribution is 8.39. The lowest BCUT2D eigenvalue weighted by atomic mass is 9.89. The summed E-state index contributed by atoms with van der Waals surface area (Å²) in [5, 5.41) is 9.56. The number of carbonyl (C=O) groups is 2. The van der Waals surface area contributed by atoms with E-state index in [0.717, 1.165) is 16.7 Å². The molecule has 0 aromatic carbocycles. The zero-order valence-corrected chi connectivity index (χ0v) is 13.1. The Morgan fingerprint density at radius 3 is 3.10 bits per heavy atom. The van der Waals surface area contributed by atoms with E-state index in [2.05, 4.69) is 4.99 Å². The van der Waals surface area contributed by atoms with Crippen molar-refractivity contribution >= 4 is 51.5 Å². The predicted molar refractivity (Wildman–Crippen MR) is 83.2 cm³/mol. The smallest absolute Gasteiger partial charge is 0.313 e. The van der Waals surface area contributed by atoms with E-state index in [4.69, 9.17) is 5.73 Å². The van der Waals surface area contributed by atoms with Gasteiger partial charge in [0.15, 0.2) is 0 Å². The maximum Gasteiger partial charge on any atom is 0.313 e. The molecule has 0 spiro atoms. The van der Waals surface area contributed by atoms with Crippen LogP contribution in [0.3, 0.4) is 0 Å². The fraction of sp³-hybridized carbons (Fsp3) is 0.727. The lowest BCUT2D eigenvalue weighted by Crippen LogP contribution is -2.72. The first-order valence-electron chi connectivity index (χ1n) is 6.25. The van der Waals surface area contributed by atoms with Crippen molar-refractivity contribution in [1.29, 1.82) is 0 Å². The van der Waals surface area contributed by atoms with Gasteiger partial charge in [-0.05, 0) is 0 Å². The summed E-state index contributed by atoms with van der Waals surface area (Å²) in [6.07, 6.45) is 0. The summed E-state index contributed by atoms with van der Waals surface area (Å²) in [4.78, 5) is 29.4. The lowest BCUT2D eigenvalue weighted by molar-refractivity contribution is -0.155. The predicted octanol–water partition coefficient (Wildman–Crippen LogP) is 0.136. The number of carbonyl (C=O) groups excluding carboxylic acids is 1. The third-order valence-corrected chi connectivity index (χ3v) is 7.82. The molecule has 3 aliphatic heterocycles. The Bertz CT molecular complexity index is 487. The number of carboxylic acid groups (broad SMARTS) is 1. The zero-order valence-electron chi connectivity index (χ0n) is 10.7. The Morgan fingerprint density at radius 1 is 1.65 bits per heavy atom. The molecule has 110 valence electrons. The minimum absolute atomic E-state index is 0.0434. The molecule has 3 heterocycles. The number of aliphatic carboxylic acids is 1. The number of β-lactam (4-membered cyclic amide) rings is 1. The Labute approximate surface area is 129 Å². The van der Waals surface area contributed by atoms with Crippen LogP contribution in [0.25, 0.3) is 0 Å². The molecule has 0 aromatic heterocycles. The number of hydrogen-bond acceptors (Lipinski definition) is 7. The number of thioether (sulfide) groups is 3. The highest BCUT2D eigenvalue weighted by atomic mass is 32.2. The Kier molecular flexibility index (Phi) is 3.95. The van der Waals surface area contributed by atoms with Crippen molar-refractivity contribution in [3.05, 3.63) is 0 Å². The van der Waals surface area contributed by atoms with Crippen molar-refractivity contribution in [3.63, 3.8) is 0 Å². The van der Waals surface area contributed by atoms with Crippen molar-refractivity contribution in [3.8, 4) is 0 Å². The third-order valence-electron chi connectivity index (χ3n) is 3.67. The van der Waals surface area contributed by atoms with Crippen molar-refractivity contribution in [2.75, 3.05) is 30.3 Å². The second-order valence-electron chi connectivity index (χ2n) is 5.06. The van der Waals surface area contributed by atoms with Gasteiger partial charge in [-0.3, -0.25) is 14.6 Å². The second-order valence-corrected chi connectivity index (χ2v) is 8.47. The Hall–Kier alpha value is -0.380. The highest BCUT2D eigenvalue weighted by Crippen LogP contribution is 2.43. The van der Waals surface area contributed by atoms with Crippen LogP contribution in [-0.4, -0.2) is 68.0 Å². The van der Waals surface area contributed by atoms with Crippen molar-refractivity contribution in [1.82, 2.24) is 4.90 Å². The largest absolute Gasteiger partial charge is 0.481 e. The van der Waals surface area contributed by atoms with E-state index < -0.39 is 17.4 Å². The number of nitrogens with two attached hydrogens (primary N) is 1. The Balaban J connectivity index is 1.69. The summed E-state index contributed by atoms with van der Waals surface area (Å²) in [6, 6.07) is -0.464. The maximum atomic E-state index is 11.7. The molecule has 0 aromatic rings. The van der Waals surface area contributed by atoms with Crippen molar-refractivity contribution in [2.24, 2.45) is 16.1 Å². The van der Waals surface area contributed by atoms with Crippen LogP contribution in [0.4, 0.5) is 0 Å². The standard InChI is InChI=1S/C11H15N3O3S3/c12-6-7(15)14-3-11(9(16)17,4-19-8(6)14)5-20-10-13-1-2-18-10/h6,8H,1-5,12H2,(H,16,17)/t6?,8-,11?/m1/s1. The van der Waals surface area contributed by atoms with Crippen LogP contribution in [0.2, 0.25) is 0 Å². The quantitative estimate of drug-likeness (QED) is 0.709.